The van der Waals surface area contributed by atoms with Crippen molar-refractivity contribution < 1.29 is 22.4 Å². The van der Waals surface area contributed by atoms with Crippen LogP contribution in [0.25, 0.3) is 11.1 Å². The molecule has 0 aliphatic carbocycles. The monoisotopic (exact) mass is 466 g/mol. The highest BCUT2D eigenvalue weighted by molar-refractivity contribution is 7.90. The minimum absolute atomic E-state index is 0.106. The Hall–Kier alpha value is -3.52. The third-order valence-electron chi connectivity index (χ3n) is 5.88. The highest BCUT2D eigenvalue weighted by Gasteiger charge is 2.34. The maximum atomic E-state index is 15.2. The van der Waals surface area contributed by atoms with Crippen LogP contribution in [0.2, 0.25) is 0 Å². The Balaban J connectivity index is 1.70. The van der Waals surface area contributed by atoms with Crippen molar-refractivity contribution >= 4 is 27.3 Å². The second-order valence-electron chi connectivity index (χ2n) is 8.07. The molecule has 33 heavy (non-hydrogen) atoms. The van der Waals surface area contributed by atoms with Crippen LogP contribution in [0.4, 0.5) is 10.1 Å². The number of primary amides is 1. The Morgan fingerprint density at radius 3 is 2.45 bits per heavy atom. The van der Waals surface area contributed by atoms with E-state index in [2.05, 4.69) is 0 Å². The molecule has 0 bridgehead atoms. The van der Waals surface area contributed by atoms with E-state index in [1.165, 1.54) is 23.1 Å². The molecule has 1 fully saturated rings. The summed E-state index contributed by atoms with van der Waals surface area (Å²) < 4.78 is 39.5. The normalized spacial score (nSPS) is 16.6. The zero-order chi connectivity index (χ0) is 23.8. The number of nitrogens with two attached hydrogens (primary N) is 1. The molecule has 1 saturated heterocycles. The summed E-state index contributed by atoms with van der Waals surface area (Å²) in [5.41, 5.74) is 7.21. The van der Waals surface area contributed by atoms with Crippen LogP contribution in [0.15, 0.2) is 71.6 Å². The molecule has 8 heteroatoms. The molecule has 0 spiro atoms. The fraction of sp³-hybridized carbons (Fsp3) is 0.200. The van der Waals surface area contributed by atoms with E-state index < -0.39 is 27.5 Å². The summed E-state index contributed by atoms with van der Waals surface area (Å²) in [6.07, 6.45) is 2.26. The van der Waals surface area contributed by atoms with Crippen molar-refractivity contribution in [1.82, 2.24) is 0 Å². The first kappa shape index (κ1) is 22.7. The summed E-state index contributed by atoms with van der Waals surface area (Å²) in [6, 6.07) is 17.4. The van der Waals surface area contributed by atoms with Gasteiger partial charge in [0.25, 0.3) is 0 Å². The largest absolute Gasteiger partial charge is 0.366 e. The van der Waals surface area contributed by atoms with Gasteiger partial charge in [-0.15, -0.1) is 0 Å². The molecule has 6 nitrogen and oxygen atoms in total. The molecule has 3 aromatic carbocycles. The number of piperidine rings is 1. The van der Waals surface area contributed by atoms with Crippen LogP contribution < -0.4 is 10.6 Å². The number of anilines is 1. The van der Waals surface area contributed by atoms with Gasteiger partial charge in [0.15, 0.2) is 9.84 Å². The molecule has 1 heterocycles. The second kappa shape index (κ2) is 8.78. The first-order chi connectivity index (χ1) is 15.7. The number of rotatable bonds is 5. The lowest BCUT2D eigenvalue weighted by Crippen LogP contribution is -2.41. The molecule has 0 aromatic heterocycles. The van der Waals surface area contributed by atoms with Crippen molar-refractivity contribution in [3.05, 3.63) is 83.7 Å². The second-order valence-corrected chi connectivity index (χ2v) is 10.1. The van der Waals surface area contributed by atoms with Crippen molar-refractivity contribution in [1.29, 1.82) is 0 Å². The van der Waals surface area contributed by atoms with Crippen LogP contribution >= 0.6 is 0 Å². The Morgan fingerprint density at radius 2 is 1.76 bits per heavy atom. The van der Waals surface area contributed by atoms with Gasteiger partial charge in [0.1, 0.15) is 5.82 Å². The summed E-state index contributed by atoms with van der Waals surface area (Å²) in [7, 11) is -3.51. The van der Waals surface area contributed by atoms with Gasteiger partial charge < -0.3 is 10.6 Å². The zero-order valence-electron chi connectivity index (χ0n) is 18.0. The predicted molar refractivity (Wildman–Crippen MR) is 124 cm³/mol. The number of sulfone groups is 1. The molecule has 1 atom stereocenters. The molecule has 170 valence electrons. The van der Waals surface area contributed by atoms with Crippen LogP contribution in [-0.4, -0.2) is 33.0 Å². The van der Waals surface area contributed by atoms with Crippen molar-refractivity contribution in [2.75, 3.05) is 17.7 Å². The average molecular weight is 467 g/mol. The first-order valence-corrected chi connectivity index (χ1v) is 12.4. The molecule has 3 aromatic rings. The predicted octanol–water partition coefficient (Wildman–Crippen LogP) is 3.91. The Labute approximate surface area is 191 Å². The SMILES string of the molecule is CS(=O)(=O)c1ccccc1-c1ccc(N2CCCC(c3ccccc3C(N)=O)C2=O)c(F)c1. The average Bonchev–Trinajstić information content (AvgIpc) is 2.79. The standard InChI is InChI=1S/C25H23FN2O4S/c1-33(31,32)23-11-5-4-7-17(23)16-12-13-22(21(26)15-16)28-14-6-10-20(25(28)30)18-8-2-3-9-19(18)24(27)29/h2-5,7-9,11-13,15,20H,6,10,14H2,1H3,(H2,27,29). The molecule has 1 aliphatic heterocycles. The smallest absolute Gasteiger partial charge is 0.249 e. The Morgan fingerprint density at radius 1 is 1.06 bits per heavy atom. The number of amides is 2. The van der Waals surface area contributed by atoms with Gasteiger partial charge >= 0.3 is 0 Å². The molecule has 4 rings (SSSR count). The third kappa shape index (κ3) is 4.39. The number of carbonyl (C=O) groups is 2. The number of carbonyl (C=O) groups excluding carboxylic acids is 2. The Bertz CT molecular complexity index is 1350. The molecule has 2 amide bonds. The molecule has 1 unspecified atom stereocenters. The zero-order valence-corrected chi connectivity index (χ0v) is 18.8. The molecule has 0 saturated carbocycles. The highest BCUT2D eigenvalue weighted by atomic mass is 32.2. The van der Waals surface area contributed by atoms with E-state index >= 15 is 4.39 Å². The number of hydrogen-bond donors (Lipinski definition) is 1. The lowest BCUT2D eigenvalue weighted by Gasteiger charge is -2.33. The van der Waals surface area contributed by atoms with Crippen LogP contribution in [0, 0.1) is 5.82 Å². The van der Waals surface area contributed by atoms with E-state index in [0.29, 0.717) is 36.1 Å². The number of benzene rings is 3. The summed E-state index contributed by atoms with van der Waals surface area (Å²) in [4.78, 5) is 26.7. The fourth-order valence-electron chi connectivity index (χ4n) is 4.35. The quantitative estimate of drug-likeness (QED) is 0.617. The van der Waals surface area contributed by atoms with E-state index in [9.17, 15) is 18.0 Å². The number of hydrogen-bond acceptors (Lipinski definition) is 4. The maximum absolute atomic E-state index is 15.2. The van der Waals surface area contributed by atoms with E-state index in [1.54, 1.807) is 48.5 Å². The van der Waals surface area contributed by atoms with E-state index in [4.69, 9.17) is 5.73 Å². The lowest BCUT2D eigenvalue weighted by molar-refractivity contribution is -0.121. The van der Waals surface area contributed by atoms with Gasteiger partial charge in [0.2, 0.25) is 11.8 Å². The summed E-state index contributed by atoms with van der Waals surface area (Å²) in [5.74, 6) is -2.16. The van der Waals surface area contributed by atoms with Gasteiger partial charge in [0, 0.05) is 23.9 Å². The van der Waals surface area contributed by atoms with Gasteiger partial charge in [-0.25, -0.2) is 12.8 Å². The summed E-state index contributed by atoms with van der Waals surface area (Å²) >= 11 is 0. The number of nitrogens with zero attached hydrogens (tertiary/aromatic N) is 1. The van der Waals surface area contributed by atoms with Crippen LogP contribution in [0.1, 0.15) is 34.7 Å². The minimum Gasteiger partial charge on any atom is -0.366 e. The minimum atomic E-state index is -3.51. The molecule has 1 aliphatic rings. The van der Waals surface area contributed by atoms with Crippen molar-refractivity contribution in [2.24, 2.45) is 5.73 Å². The van der Waals surface area contributed by atoms with E-state index in [0.717, 1.165) is 6.26 Å². The third-order valence-corrected chi connectivity index (χ3v) is 7.03. The van der Waals surface area contributed by atoms with Crippen LogP contribution in [0.3, 0.4) is 0 Å². The number of halogens is 1. The first-order valence-electron chi connectivity index (χ1n) is 10.5. The van der Waals surface area contributed by atoms with Gasteiger partial charge in [-0.1, -0.05) is 42.5 Å². The van der Waals surface area contributed by atoms with Crippen molar-refractivity contribution in [3.63, 3.8) is 0 Å². The summed E-state index contributed by atoms with van der Waals surface area (Å²) in [6.45, 7) is 0.338. The van der Waals surface area contributed by atoms with E-state index in [-0.39, 0.29) is 22.1 Å². The fourth-order valence-corrected chi connectivity index (χ4v) is 5.26. The van der Waals surface area contributed by atoms with Crippen LogP contribution in [0.5, 0.6) is 0 Å². The maximum Gasteiger partial charge on any atom is 0.249 e. The van der Waals surface area contributed by atoms with Crippen LogP contribution in [-0.2, 0) is 14.6 Å². The highest BCUT2D eigenvalue weighted by Crippen LogP contribution is 2.36. The van der Waals surface area contributed by atoms with Gasteiger partial charge in [-0.3, -0.25) is 9.59 Å². The van der Waals surface area contributed by atoms with Gasteiger partial charge in [-0.2, -0.15) is 0 Å². The molecule has 2 N–H and O–H groups in total. The van der Waals surface area contributed by atoms with Gasteiger partial charge in [-0.05, 0) is 48.2 Å². The molecule has 0 radical (unpaired) electrons. The van der Waals surface area contributed by atoms with Gasteiger partial charge in [0.05, 0.1) is 16.5 Å². The van der Waals surface area contributed by atoms with Crippen molar-refractivity contribution in [2.45, 2.75) is 23.7 Å². The molecular weight excluding hydrogens is 443 g/mol. The Kier molecular flexibility index (Phi) is 6.03. The summed E-state index contributed by atoms with van der Waals surface area (Å²) in [5, 5.41) is 0. The topological polar surface area (TPSA) is 97.5 Å². The van der Waals surface area contributed by atoms with Crippen molar-refractivity contribution in [3.8, 4) is 11.1 Å². The lowest BCUT2D eigenvalue weighted by atomic mass is 9.86. The molecular formula is C25H23FN2O4S. The van der Waals surface area contributed by atoms with E-state index in [1.807, 2.05) is 0 Å².